The van der Waals surface area contributed by atoms with E-state index in [0.717, 1.165) is 25.7 Å². The first-order chi connectivity index (χ1) is 8.70. The predicted octanol–water partition coefficient (Wildman–Crippen LogP) is 2.48. The monoisotopic (exact) mass is 248 g/mol. The maximum Gasteiger partial charge on any atom is 0.146 e. The number of halogens is 1. The molecule has 1 aliphatic carbocycles. The van der Waals surface area contributed by atoms with Crippen molar-refractivity contribution in [2.45, 2.75) is 44.4 Å². The second-order valence-corrected chi connectivity index (χ2v) is 4.74. The number of benzene rings is 1. The number of hydrogen-bond donors (Lipinski definition) is 1. The second-order valence-electron chi connectivity index (χ2n) is 4.74. The van der Waals surface area contributed by atoms with Crippen LogP contribution in [0.5, 0.6) is 0 Å². The fraction of sp³-hybridized carbons (Fsp3) is 0.500. The quantitative estimate of drug-likeness (QED) is 0.894. The van der Waals surface area contributed by atoms with Crippen molar-refractivity contribution >= 4 is 0 Å². The van der Waals surface area contributed by atoms with Crippen molar-refractivity contribution in [1.82, 2.24) is 0 Å². The van der Waals surface area contributed by atoms with E-state index in [1.807, 2.05) is 6.07 Å². The molecule has 4 heteroatoms. The summed E-state index contributed by atoms with van der Waals surface area (Å²) < 4.78 is 19.5. The molecule has 1 aromatic rings. The van der Waals surface area contributed by atoms with Crippen LogP contribution in [0.2, 0.25) is 0 Å². The molecule has 3 nitrogen and oxygen atoms in total. The molecule has 0 bridgehead atoms. The van der Waals surface area contributed by atoms with E-state index in [2.05, 4.69) is 0 Å². The summed E-state index contributed by atoms with van der Waals surface area (Å²) in [6.07, 6.45) is 3.95. The summed E-state index contributed by atoms with van der Waals surface area (Å²) in [5.74, 6) is -0.465. The lowest BCUT2D eigenvalue weighted by atomic mass is 9.94. The smallest absolute Gasteiger partial charge is 0.146 e. The molecular formula is C14H17FN2O. The topological polar surface area (TPSA) is 59.0 Å². The van der Waals surface area contributed by atoms with Crippen molar-refractivity contribution in [2.75, 3.05) is 0 Å². The molecule has 0 aromatic heterocycles. The predicted molar refractivity (Wildman–Crippen MR) is 66.1 cm³/mol. The van der Waals surface area contributed by atoms with E-state index in [4.69, 9.17) is 15.7 Å². The molecule has 0 aliphatic heterocycles. The Morgan fingerprint density at radius 1 is 1.33 bits per heavy atom. The van der Waals surface area contributed by atoms with Crippen LogP contribution in [-0.2, 0) is 11.3 Å². The molecule has 2 rings (SSSR count). The zero-order chi connectivity index (χ0) is 13.0. The summed E-state index contributed by atoms with van der Waals surface area (Å²) in [5.41, 5.74) is 6.33. The minimum Gasteiger partial charge on any atom is -0.373 e. The Hall–Kier alpha value is -1.44. The van der Waals surface area contributed by atoms with Crippen molar-refractivity contribution < 1.29 is 9.13 Å². The molecule has 0 radical (unpaired) electrons. The first-order valence-electron chi connectivity index (χ1n) is 6.25. The molecule has 96 valence electrons. The van der Waals surface area contributed by atoms with Crippen molar-refractivity contribution in [3.63, 3.8) is 0 Å². The molecule has 0 atom stereocenters. The van der Waals surface area contributed by atoms with E-state index in [1.54, 1.807) is 12.1 Å². The molecule has 2 N–H and O–H groups in total. The van der Waals surface area contributed by atoms with E-state index in [-0.39, 0.29) is 24.3 Å². The summed E-state index contributed by atoms with van der Waals surface area (Å²) in [4.78, 5) is 0. The minimum atomic E-state index is -0.465. The second kappa shape index (κ2) is 5.94. The van der Waals surface area contributed by atoms with Crippen LogP contribution in [0.1, 0.15) is 36.8 Å². The number of rotatable bonds is 3. The number of ether oxygens (including phenoxy) is 1. The summed E-state index contributed by atoms with van der Waals surface area (Å²) in [5, 5.41) is 8.74. The zero-order valence-corrected chi connectivity index (χ0v) is 10.2. The van der Waals surface area contributed by atoms with Crippen molar-refractivity contribution in [1.29, 1.82) is 5.26 Å². The average Bonchev–Trinajstić information content (AvgIpc) is 2.39. The summed E-state index contributed by atoms with van der Waals surface area (Å²) >= 11 is 0. The summed E-state index contributed by atoms with van der Waals surface area (Å²) in [7, 11) is 0. The van der Waals surface area contributed by atoms with E-state index >= 15 is 0 Å². The third kappa shape index (κ3) is 3.06. The lowest BCUT2D eigenvalue weighted by Gasteiger charge is -2.26. The number of nitrogens with two attached hydrogens (primary N) is 1. The van der Waals surface area contributed by atoms with Gasteiger partial charge in [-0.15, -0.1) is 0 Å². The first-order valence-corrected chi connectivity index (χ1v) is 6.25. The highest BCUT2D eigenvalue weighted by Crippen LogP contribution is 2.22. The maximum absolute atomic E-state index is 13.8. The Morgan fingerprint density at radius 3 is 2.72 bits per heavy atom. The van der Waals surface area contributed by atoms with E-state index in [9.17, 15) is 4.39 Å². The molecule has 0 saturated heterocycles. The van der Waals surface area contributed by atoms with Crippen LogP contribution in [0, 0.1) is 17.1 Å². The van der Waals surface area contributed by atoms with Gasteiger partial charge in [0, 0.05) is 11.6 Å². The highest BCUT2D eigenvalue weighted by atomic mass is 19.1. The largest absolute Gasteiger partial charge is 0.373 e. The van der Waals surface area contributed by atoms with Gasteiger partial charge >= 0.3 is 0 Å². The zero-order valence-electron chi connectivity index (χ0n) is 10.2. The van der Waals surface area contributed by atoms with E-state index < -0.39 is 5.82 Å². The molecule has 1 saturated carbocycles. The lowest BCUT2D eigenvalue weighted by Crippen LogP contribution is -2.30. The van der Waals surface area contributed by atoms with Gasteiger partial charge in [0.2, 0.25) is 0 Å². The van der Waals surface area contributed by atoms with Crippen LogP contribution in [0.15, 0.2) is 18.2 Å². The highest BCUT2D eigenvalue weighted by Gasteiger charge is 2.19. The Bertz CT molecular complexity index is 448. The molecule has 0 unspecified atom stereocenters. The summed E-state index contributed by atoms with van der Waals surface area (Å²) in [6.45, 7) is 0.223. The van der Waals surface area contributed by atoms with Crippen LogP contribution in [-0.4, -0.2) is 12.1 Å². The molecule has 0 amide bonds. The van der Waals surface area contributed by atoms with Gasteiger partial charge in [-0.25, -0.2) is 4.39 Å². The summed E-state index contributed by atoms with van der Waals surface area (Å²) in [6, 6.07) is 6.92. The van der Waals surface area contributed by atoms with Gasteiger partial charge in [0.1, 0.15) is 11.9 Å². The fourth-order valence-electron chi connectivity index (χ4n) is 2.24. The van der Waals surface area contributed by atoms with Gasteiger partial charge in [0.05, 0.1) is 18.3 Å². The van der Waals surface area contributed by atoms with Gasteiger partial charge < -0.3 is 10.5 Å². The van der Waals surface area contributed by atoms with Crippen LogP contribution in [0.25, 0.3) is 0 Å². The van der Waals surface area contributed by atoms with Crippen molar-refractivity contribution in [3.8, 4) is 6.07 Å². The van der Waals surface area contributed by atoms with Gasteiger partial charge in [0.25, 0.3) is 0 Å². The standard InChI is InChI=1S/C14H17FN2O/c15-14-10(8-16)2-1-3-11(14)9-18-13-6-4-12(17)5-7-13/h1-3,12-13H,4-7,9,17H2. The molecule has 1 aliphatic rings. The highest BCUT2D eigenvalue weighted by molar-refractivity contribution is 5.34. The van der Waals surface area contributed by atoms with Gasteiger partial charge in [-0.1, -0.05) is 12.1 Å². The van der Waals surface area contributed by atoms with Gasteiger partial charge in [0.15, 0.2) is 0 Å². The third-order valence-electron chi connectivity index (χ3n) is 3.39. The molecule has 1 fully saturated rings. The Kier molecular flexibility index (Phi) is 4.29. The lowest BCUT2D eigenvalue weighted by molar-refractivity contribution is 0.0125. The maximum atomic E-state index is 13.8. The molecule has 18 heavy (non-hydrogen) atoms. The SMILES string of the molecule is N#Cc1cccc(COC2CCC(N)CC2)c1F. The number of nitriles is 1. The molecule has 1 aromatic carbocycles. The Morgan fingerprint density at radius 2 is 2.06 bits per heavy atom. The van der Waals surface area contributed by atoms with Crippen LogP contribution in [0.4, 0.5) is 4.39 Å². The molecular weight excluding hydrogens is 231 g/mol. The number of hydrogen-bond acceptors (Lipinski definition) is 3. The van der Waals surface area contributed by atoms with Crippen LogP contribution in [0.3, 0.4) is 0 Å². The van der Waals surface area contributed by atoms with Crippen molar-refractivity contribution in [2.24, 2.45) is 5.73 Å². The molecule has 0 spiro atoms. The average molecular weight is 248 g/mol. The third-order valence-corrected chi connectivity index (χ3v) is 3.39. The van der Waals surface area contributed by atoms with Crippen LogP contribution >= 0.6 is 0 Å². The minimum absolute atomic E-state index is 0.0711. The van der Waals surface area contributed by atoms with E-state index in [1.165, 1.54) is 6.07 Å². The van der Waals surface area contributed by atoms with Gasteiger partial charge in [-0.3, -0.25) is 0 Å². The van der Waals surface area contributed by atoms with Gasteiger partial charge in [-0.2, -0.15) is 5.26 Å². The van der Waals surface area contributed by atoms with Gasteiger partial charge in [-0.05, 0) is 31.7 Å². The molecule has 0 heterocycles. The Balaban J connectivity index is 1.93. The van der Waals surface area contributed by atoms with Crippen LogP contribution < -0.4 is 5.73 Å². The fourth-order valence-corrected chi connectivity index (χ4v) is 2.24. The van der Waals surface area contributed by atoms with E-state index in [0.29, 0.717) is 5.56 Å². The first kappa shape index (κ1) is 13.0. The normalized spacial score (nSPS) is 23.6. The Labute approximate surface area is 106 Å². The number of nitrogens with zero attached hydrogens (tertiary/aromatic N) is 1. The van der Waals surface area contributed by atoms with Crippen molar-refractivity contribution in [3.05, 3.63) is 35.1 Å².